The van der Waals surface area contributed by atoms with E-state index in [1.54, 1.807) is 0 Å². The summed E-state index contributed by atoms with van der Waals surface area (Å²) in [6, 6.07) is 0. The Balaban J connectivity index is 2.97. The fourth-order valence-corrected chi connectivity index (χ4v) is 2.24. The summed E-state index contributed by atoms with van der Waals surface area (Å²) in [6.45, 7) is 0.0932. The Morgan fingerprint density at radius 1 is 0.684 bits per heavy atom. The van der Waals surface area contributed by atoms with E-state index < -0.39 is 0 Å². The Morgan fingerprint density at radius 2 is 1.05 bits per heavy atom. The van der Waals surface area contributed by atoms with E-state index in [4.69, 9.17) is 0 Å². The van der Waals surface area contributed by atoms with E-state index in [1.165, 1.54) is 58.5 Å². The average Bonchev–Trinajstić information content (AvgIpc) is 2.43. The number of methoxy groups -OCH3 is 1. The van der Waals surface area contributed by atoms with Crippen LogP contribution in [0.5, 0.6) is 0 Å². The second kappa shape index (κ2) is 15.5. The molecule has 0 saturated carbocycles. The Hall–Kier alpha value is -0.570. The highest BCUT2D eigenvalue weighted by Crippen LogP contribution is 2.12. The molecule has 0 aromatic carbocycles. The lowest BCUT2D eigenvalue weighted by molar-refractivity contribution is -0.140. The summed E-state index contributed by atoms with van der Waals surface area (Å²) in [5.74, 6) is -0.0861. The first-order valence-electron chi connectivity index (χ1n) is 7.96. The lowest BCUT2D eigenvalue weighted by atomic mass is 10.0. The van der Waals surface area contributed by atoms with Gasteiger partial charge in [-0.05, 0) is 12.8 Å². The van der Waals surface area contributed by atoms with Gasteiger partial charge in [-0.3, -0.25) is 4.79 Å². The SMILES string of the molecule is COC(=O)CCCCCCCCCCCCCC[O]. The van der Waals surface area contributed by atoms with Crippen molar-refractivity contribution in [2.45, 2.75) is 83.5 Å². The highest BCUT2D eigenvalue weighted by atomic mass is 16.5. The zero-order chi connectivity index (χ0) is 14.2. The maximum atomic E-state index is 10.9. The van der Waals surface area contributed by atoms with Crippen LogP contribution in [0.3, 0.4) is 0 Å². The summed E-state index contributed by atoms with van der Waals surface area (Å²) < 4.78 is 4.60. The van der Waals surface area contributed by atoms with Crippen LogP contribution in [0.4, 0.5) is 0 Å². The summed E-state index contributed by atoms with van der Waals surface area (Å²) >= 11 is 0. The molecule has 113 valence electrons. The largest absolute Gasteiger partial charge is 0.469 e. The first-order chi connectivity index (χ1) is 9.31. The van der Waals surface area contributed by atoms with E-state index in [2.05, 4.69) is 4.74 Å². The van der Waals surface area contributed by atoms with Crippen LogP contribution in [0, 0.1) is 0 Å². The van der Waals surface area contributed by atoms with Crippen LogP contribution in [0.25, 0.3) is 0 Å². The molecule has 0 saturated heterocycles. The van der Waals surface area contributed by atoms with Gasteiger partial charge in [0.05, 0.1) is 13.7 Å². The molecule has 0 aliphatic rings. The Morgan fingerprint density at radius 3 is 1.42 bits per heavy atom. The molecule has 3 heteroatoms. The molecule has 19 heavy (non-hydrogen) atoms. The van der Waals surface area contributed by atoms with Gasteiger partial charge in [-0.2, -0.15) is 0 Å². The third-order valence-corrected chi connectivity index (χ3v) is 3.50. The van der Waals surface area contributed by atoms with E-state index >= 15 is 0 Å². The maximum absolute atomic E-state index is 10.9. The van der Waals surface area contributed by atoms with Crippen LogP contribution in [0.2, 0.25) is 0 Å². The molecular weight excluding hydrogens is 240 g/mol. The lowest BCUT2D eigenvalue weighted by Gasteiger charge is -2.02. The number of rotatable bonds is 14. The first kappa shape index (κ1) is 18.4. The second-order valence-electron chi connectivity index (χ2n) is 5.27. The first-order valence-corrected chi connectivity index (χ1v) is 7.96. The molecule has 0 amide bonds. The molecule has 0 spiro atoms. The maximum Gasteiger partial charge on any atom is 0.305 e. The number of ether oxygens (including phenoxy) is 1. The van der Waals surface area contributed by atoms with Gasteiger partial charge in [-0.15, -0.1) is 0 Å². The molecule has 0 fully saturated rings. The van der Waals surface area contributed by atoms with E-state index in [0.717, 1.165) is 25.7 Å². The Bertz CT molecular complexity index is 192. The predicted octanol–water partition coefficient (Wildman–Crippen LogP) is 4.66. The third kappa shape index (κ3) is 15.4. The van der Waals surface area contributed by atoms with Gasteiger partial charge in [-0.1, -0.05) is 64.2 Å². The zero-order valence-electron chi connectivity index (χ0n) is 12.6. The predicted molar refractivity (Wildman–Crippen MR) is 77.6 cm³/mol. The minimum absolute atomic E-state index is 0.0861. The van der Waals surface area contributed by atoms with Crippen molar-refractivity contribution in [3.8, 4) is 0 Å². The highest BCUT2D eigenvalue weighted by Gasteiger charge is 1.99. The molecule has 0 N–H and O–H groups in total. The van der Waals surface area contributed by atoms with E-state index in [9.17, 15) is 9.90 Å². The fraction of sp³-hybridized carbons (Fsp3) is 0.938. The van der Waals surface area contributed by atoms with Gasteiger partial charge in [0, 0.05) is 6.42 Å². The van der Waals surface area contributed by atoms with Gasteiger partial charge >= 0.3 is 5.97 Å². The van der Waals surface area contributed by atoms with Crippen molar-refractivity contribution >= 4 is 5.97 Å². The van der Waals surface area contributed by atoms with Crippen molar-refractivity contribution in [1.29, 1.82) is 0 Å². The molecule has 3 nitrogen and oxygen atoms in total. The topological polar surface area (TPSA) is 46.2 Å². The summed E-state index contributed by atoms with van der Waals surface area (Å²) in [7, 11) is 1.45. The van der Waals surface area contributed by atoms with Crippen LogP contribution in [0.1, 0.15) is 83.5 Å². The van der Waals surface area contributed by atoms with Crippen LogP contribution in [-0.4, -0.2) is 19.7 Å². The average molecular weight is 271 g/mol. The molecule has 0 heterocycles. The standard InChI is InChI=1S/C16H31O3/c1-19-16(18)14-12-10-8-6-4-2-3-5-7-9-11-13-15-17/h2-15H2,1H3. The number of hydrogen-bond acceptors (Lipinski definition) is 2. The van der Waals surface area contributed by atoms with Crippen molar-refractivity contribution in [2.75, 3.05) is 13.7 Å². The molecular formula is C16H31O3. The molecule has 0 atom stereocenters. The second-order valence-corrected chi connectivity index (χ2v) is 5.27. The van der Waals surface area contributed by atoms with Crippen LogP contribution < -0.4 is 0 Å². The number of hydrogen-bond donors (Lipinski definition) is 0. The van der Waals surface area contributed by atoms with Gasteiger partial charge in [-0.25, -0.2) is 5.11 Å². The third-order valence-electron chi connectivity index (χ3n) is 3.50. The number of unbranched alkanes of at least 4 members (excludes halogenated alkanes) is 11. The summed E-state index contributed by atoms with van der Waals surface area (Å²) in [5.41, 5.74) is 0. The lowest BCUT2D eigenvalue weighted by Crippen LogP contribution is -1.99. The Labute approximate surface area is 118 Å². The highest BCUT2D eigenvalue weighted by molar-refractivity contribution is 5.68. The van der Waals surface area contributed by atoms with Gasteiger partial charge in [0.1, 0.15) is 0 Å². The van der Waals surface area contributed by atoms with Crippen molar-refractivity contribution in [2.24, 2.45) is 0 Å². The van der Waals surface area contributed by atoms with E-state index in [1.807, 2.05) is 0 Å². The number of carbonyl (C=O) groups is 1. The van der Waals surface area contributed by atoms with Gasteiger partial charge in [0.15, 0.2) is 0 Å². The molecule has 0 unspecified atom stereocenters. The number of esters is 1. The molecule has 0 aliphatic heterocycles. The van der Waals surface area contributed by atoms with Crippen LogP contribution in [0.15, 0.2) is 0 Å². The van der Waals surface area contributed by atoms with Gasteiger partial charge in [0.25, 0.3) is 0 Å². The molecule has 1 radical (unpaired) electrons. The summed E-state index contributed by atoms with van der Waals surface area (Å²) in [4.78, 5) is 10.9. The van der Waals surface area contributed by atoms with Crippen LogP contribution >= 0.6 is 0 Å². The minimum Gasteiger partial charge on any atom is -0.469 e. The monoisotopic (exact) mass is 271 g/mol. The van der Waals surface area contributed by atoms with Crippen molar-refractivity contribution < 1.29 is 14.6 Å². The summed E-state index contributed by atoms with van der Waals surface area (Å²) in [6.07, 6.45) is 15.0. The molecule has 0 aromatic rings. The van der Waals surface area contributed by atoms with Crippen molar-refractivity contribution in [3.63, 3.8) is 0 Å². The number of carbonyl (C=O) groups excluding carboxylic acids is 1. The normalized spacial score (nSPS) is 10.6. The van der Waals surface area contributed by atoms with Crippen LogP contribution in [-0.2, 0) is 14.6 Å². The quantitative estimate of drug-likeness (QED) is 0.341. The van der Waals surface area contributed by atoms with Gasteiger partial charge in [0.2, 0.25) is 0 Å². The van der Waals surface area contributed by atoms with E-state index in [-0.39, 0.29) is 12.6 Å². The molecule has 0 aromatic heterocycles. The molecule has 0 aliphatic carbocycles. The van der Waals surface area contributed by atoms with Crippen molar-refractivity contribution in [3.05, 3.63) is 0 Å². The minimum atomic E-state index is -0.0861. The summed E-state index contributed by atoms with van der Waals surface area (Å²) in [5, 5.41) is 10.2. The fourth-order valence-electron chi connectivity index (χ4n) is 2.24. The Kier molecular flexibility index (Phi) is 15.0. The zero-order valence-corrected chi connectivity index (χ0v) is 12.6. The van der Waals surface area contributed by atoms with Gasteiger partial charge < -0.3 is 4.74 Å². The molecule has 0 bridgehead atoms. The van der Waals surface area contributed by atoms with E-state index in [0.29, 0.717) is 6.42 Å². The van der Waals surface area contributed by atoms with Crippen molar-refractivity contribution in [1.82, 2.24) is 0 Å². The smallest absolute Gasteiger partial charge is 0.305 e. The molecule has 0 rings (SSSR count).